The smallest absolute Gasteiger partial charge is 0.167 e. The number of hydrogen-bond donors (Lipinski definition) is 0. The first-order valence-corrected chi connectivity index (χ1v) is 5.51. The number of ketones is 1. The lowest BCUT2D eigenvalue weighted by Gasteiger charge is -2.13. The van der Waals surface area contributed by atoms with Gasteiger partial charge in [0.1, 0.15) is 0 Å². The standard InChI is InChI=1S/C11H18O2/c1-2-9(12)11-8-6-4-3-5-7-10(11)13-11/h10H,2-8H2,1H3/t10-,11-/m1/s1. The molecule has 2 aliphatic rings. The molecule has 74 valence electrons. The van der Waals surface area contributed by atoms with Crippen molar-refractivity contribution in [3.05, 3.63) is 0 Å². The molecule has 0 amide bonds. The fourth-order valence-electron chi connectivity index (χ4n) is 2.49. The Morgan fingerprint density at radius 1 is 1.38 bits per heavy atom. The molecule has 2 rings (SSSR count). The highest BCUT2D eigenvalue weighted by Gasteiger charge is 2.59. The van der Waals surface area contributed by atoms with Crippen LogP contribution in [0.4, 0.5) is 0 Å². The van der Waals surface area contributed by atoms with E-state index in [0.717, 1.165) is 12.8 Å². The maximum atomic E-state index is 11.7. The average molecular weight is 182 g/mol. The van der Waals surface area contributed by atoms with Crippen molar-refractivity contribution in [2.45, 2.75) is 63.6 Å². The summed E-state index contributed by atoms with van der Waals surface area (Å²) in [5.41, 5.74) is -0.310. The Kier molecular flexibility index (Phi) is 2.41. The lowest BCUT2D eigenvalue weighted by Crippen LogP contribution is -2.27. The molecule has 0 radical (unpaired) electrons. The highest BCUT2D eigenvalue weighted by atomic mass is 16.6. The zero-order chi connectivity index (χ0) is 9.31. The third-order valence-electron chi connectivity index (χ3n) is 3.37. The van der Waals surface area contributed by atoms with Crippen LogP contribution in [0.25, 0.3) is 0 Å². The number of fused-ring (bicyclic) bond motifs is 1. The number of carbonyl (C=O) groups is 1. The van der Waals surface area contributed by atoms with E-state index in [1.807, 2.05) is 6.92 Å². The Morgan fingerprint density at radius 2 is 2.15 bits per heavy atom. The van der Waals surface area contributed by atoms with Gasteiger partial charge < -0.3 is 4.74 Å². The first-order chi connectivity index (χ1) is 6.29. The molecule has 2 fully saturated rings. The first-order valence-electron chi connectivity index (χ1n) is 5.51. The summed E-state index contributed by atoms with van der Waals surface area (Å²) in [7, 11) is 0. The zero-order valence-corrected chi connectivity index (χ0v) is 8.34. The van der Waals surface area contributed by atoms with Crippen molar-refractivity contribution in [3.8, 4) is 0 Å². The zero-order valence-electron chi connectivity index (χ0n) is 8.34. The van der Waals surface area contributed by atoms with Crippen LogP contribution in [0.15, 0.2) is 0 Å². The Morgan fingerprint density at radius 3 is 2.92 bits per heavy atom. The summed E-state index contributed by atoms with van der Waals surface area (Å²) >= 11 is 0. The van der Waals surface area contributed by atoms with Crippen LogP contribution in [-0.4, -0.2) is 17.5 Å². The Balaban J connectivity index is 2.02. The molecule has 13 heavy (non-hydrogen) atoms. The number of hydrogen-bond acceptors (Lipinski definition) is 2. The highest BCUT2D eigenvalue weighted by Crippen LogP contribution is 2.46. The van der Waals surface area contributed by atoms with Gasteiger partial charge >= 0.3 is 0 Å². The van der Waals surface area contributed by atoms with E-state index in [9.17, 15) is 4.79 Å². The maximum Gasteiger partial charge on any atom is 0.167 e. The molecule has 0 aromatic heterocycles. The second kappa shape index (κ2) is 3.41. The van der Waals surface area contributed by atoms with Crippen molar-refractivity contribution in [2.75, 3.05) is 0 Å². The molecule has 2 atom stereocenters. The molecule has 1 saturated carbocycles. The van der Waals surface area contributed by atoms with E-state index in [2.05, 4.69) is 0 Å². The van der Waals surface area contributed by atoms with Crippen LogP contribution in [0.5, 0.6) is 0 Å². The molecule has 2 nitrogen and oxygen atoms in total. The quantitative estimate of drug-likeness (QED) is 0.614. The predicted octanol–water partition coefficient (Wildman–Crippen LogP) is 2.46. The van der Waals surface area contributed by atoms with E-state index in [4.69, 9.17) is 4.74 Å². The van der Waals surface area contributed by atoms with E-state index in [1.165, 1.54) is 25.7 Å². The second-order valence-electron chi connectivity index (χ2n) is 4.23. The lowest BCUT2D eigenvalue weighted by molar-refractivity contribution is -0.124. The molecule has 1 aliphatic carbocycles. The third-order valence-corrected chi connectivity index (χ3v) is 3.37. The van der Waals surface area contributed by atoms with Gasteiger partial charge in [-0.2, -0.15) is 0 Å². The molecule has 1 heterocycles. The minimum Gasteiger partial charge on any atom is -0.358 e. The van der Waals surface area contributed by atoms with Gasteiger partial charge in [0.25, 0.3) is 0 Å². The van der Waals surface area contributed by atoms with Crippen molar-refractivity contribution in [1.82, 2.24) is 0 Å². The second-order valence-corrected chi connectivity index (χ2v) is 4.23. The molecule has 1 aliphatic heterocycles. The number of ether oxygens (including phenoxy) is 1. The van der Waals surface area contributed by atoms with Crippen LogP contribution >= 0.6 is 0 Å². The van der Waals surface area contributed by atoms with Crippen LogP contribution in [0.1, 0.15) is 51.9 Å². The third kappa shape index (κ3) is 1.52. The number of epoxide rings is 1. The van der Waals surface area contributed by atoms with Gasteiger partial charge in [-0.15, -0.1) is 0 Å². The van der Waals surface area contributed by atoms with Gasteiger partial charge in [0.05, 0.1) is 6.10 Å². The van der Waals surface area contributed by atoms with Gasteiger partial charge in [-0.05, 0) is 12.8 Å². The molecule has 0 aromatic carbocycles. The van der Waals surface area contributed by atoms with Crippen LogP contribution in [0.3, 0.4) is 0 Å². The summed E-state index contributed by atoms with van der Waals surface area (Å²) in [5.74, 6) is 0.333. The highest BCUT2D eigenvalue weighted by molar-refractivity contribution is 5.90. The van der Waals surface area contributed by atoms with Crippen molar-refractivity contribution in [2.24, 2.45) is 0 Å². The lowest BCUT2D eigenvalue weighted by atomic mass is 9.87. The minimum atomic E-state index is -0.310. The van der Waals surface area contributed by atoms with E-state index in [1.54, 1.807) is 0 Å². The fraction of sp³-hybridized carbons (Fsp3) is 0.909. The van der Waals surface area contributed by atoms with E-state index in [-0.39, 0.29) is 11.7 Å². The number of carbonyl (C=O) groups excluding carboxylic acids is 1. The van der Waals surface area contributed by atoms with E-state index < -0.39 is 0 Å². The van der Waals surface area contributed by atoms with Crippen molar-refractivity contribution in [1.29, 1.82) is 0 Å². The SMILES string of the molecule is CCC(=O)[C@]12CCCCCC[C@H]1O2. The molecule has 1 saturated heterocycles. The van der Waals surface area contributed by atoms with Gasteiger partial charge in [0.15, 0.2) is 11.4 Å². The van der Waals surface area contributed by atoms with Crippen LogP contribution < -0.4 is 0 Å². The van der Waals surface area contributed by atoms with Crippen molar-refractivity contribution < 1.29 is 9.53 Å². The maximum absolute atomic E-state index is 11.7. The number of Topliss-reactive ketones (excluding diaryl/α,β-unsaturated/α-hetero) is 1. The molecule has 2 heteroatoms. The molecule has 0 unspecified atom stereocenters. The van der Waals surface area contributed by atoms with Crippen LogP contribution in [-0.2, 0) is 9.53 Å². The molecule has 0 bridgehead atoms. The fourth-order valence-corrected chi connectivity index (χ4v) is 2.49. The normalized spacial score (nSPS) is 38.7. The molecule has 0 spiro atoms. The van der Waals surface area contributed by atoms with Crippen molar-refractivity contribution in [3.63, 3.8) is 0 Å². The summed E-state index contributed by atoms with van der Waals surface area (Å²) in [6, 6.07) is 0. The molecule has 0 N–H and O–H groups in total. The molecule has 0 aromatic rings. The number of rotatable bonds is 2. The average Bonchev–Trinajstić information content (AvgIpc) is 2.78. The summed E-state index contributed by atoms with van der Waals surface area (Å²) in [5, 5.41) is 0. The summed E-state index contributed by atoms with van der Waals surface area (Å²) in [6.07, 6.45) is 7.99. The van der Waals surface area contributed by atoms with Gasteiger partial charge in [0.2, 0.25) is 0 Å². The monoisotopic (exact) mass is 182 g/mol. The largest absolute Gasteiger partial charge is 0.358 e. The first kappa shape index (κ1) is 9.20. The van der Waals surface area contributed by atoms with Gasteiger partial charge in [-0.3, -0.25) is 4.79 Å². The Bertz CT molecular complexity index is 212. The summed E-state index contributed by atoms with van der Waals surface area (Å²) in [4.78, 5) is 11.7. The molecular formula is C11H18O2. The van der Waals surface area contributed by atoms with Crippen LogP contribution in [0, 0.1) is 0 Å². The topological polar surface area (TPSA) is 29.6 Å². The minimum absolute atomic E-state index is 0.278. The summed E-state index contributed by atoms with van der Waals surface area (Å²) < 4.78 is 5.63. The van der Waals surface area contributed by atoms with E-state index in [0.29, 0.717) is 12.2 Å². The van der Waals surface area contributed by atoms with Crippen LogP contribution in [0.2, 0.25) is 0 Å². The Labute approximate surface area is 79.7 Å². The van der Waals surface area contributed by atoms with Gasteiger partial charge in [-0.25, -0.2) is 0 Å². The Hall–Kier alpha value is -0.370. The predicted molar refractivity (Wildman–Crippen MR) is 50.6 cm³/mol. The van der Waals surface area contributed by atoms with Gasteiger partial charge in [-0.1, -0.05) is 32.6 Å². The van der Waals surface area contributed by atoms with E-state index >= 15 is 0 Å². The molecular weight excluding hydrogens is 164 g/mol. The van der Waals surface area contributed by atoms with Gasteiger partial charge in [0, 0.05) is 6.42 Å². The van der Waals surface area contributed by atoms with Crippen molar-refractivity contribution >= 4 is 5.78 Å². The summed E-state index contributed by atoms with van der Waals surface area (Å²) in [6.45, 7) is 1.94.